The van der Waals surface area contributed by atoms with E-state index < -0.39 is 10.3 Å². The number of fused-ring (bicyclic) bond motifs is 2. The highest BCUT2D eigenvalue weighted by molar-refractivity contribution is 6.41. The Morgan fingerprint density at radius 1 is 1.32 bits per heavy atom. The van der Waals surface area contributed by atoms with Gasteiger partial charge in [0.05, 0.1) is 11.1 Å². The van der Waals surface area contributed by atoms with E-state index in [1.54, 1.807) is 0 Å². The van der Waals surface area contributed by atoms with E-state index in [1.807, 2.05) is 6.07 Å². The molecule has 3 saturated heterocycles. The Balaban J connectivity index is 1.90. The fourth-order valence-corrected chi connectivity index (χ4v) is 6.21. The van der Waals surface area contributed by atoms with Crippen LogP contribution in [0.4, 0.5) is 5.69 Å². The van der Waals surface area contributed by atoms with Crippen LogP contribution in [0.1, 0.15) is 25.8 Å². The topological polar surface area (TPSA) is 32.7 Å². The zero-order valence-corrected chi connectivity index (χ0v) is 13.7. The first-order valence-electron chi connectivity index (χ1n) is 8.08. The molecule has 1 aromatic carbocycles. The van der Waals surface area contributed by atoms with Crippen molar-refractivity contribution in [2.24, 2.45) is 16.3 Å². The summed E-state index contributed by atoms with van der Waals surface area (Å²) in [4.78, 5) is 19.8. The smallest absolute Gasteiger partial charge is 0.168 e. The maximum atomic E-state index is 13.2. The molecule has 114 valence electrons. The molecule has 5 aliphatic rings. The monoisotopic (exact) mass is 314 g/mol. The Morgan fingerprint density at radius 3 is 2.91 bits per heavy atom. The number of carbonyl (C=O) groups excluding carboxylic acids is 1. The summed E-state index contributed by atoms with van der Waals surface area (Å²) < 4.78 is 0. The number of piperidine rings is 1. The fraction of sp³-hybridized carbons (Fsp3) is 0.556. The molecule has 22 heavy (non-hydrogen) atoms. The number of halogens is 1. The second kappa shape index (κ2) is 3.65. The lowest BCUT2D eigenvalue weighted by atomic mass is 9.49. The maximum absolute atomic E-state index is 13.2. The number of benzene rings is 1. The minimum absolute atomic E-state index is 0.0786. The van der Waals surface area contributed by atoms with Crippen LogP contribution in [0, 0.1) is 11.3 Å². The van der Waals surface area contributed by atoms with Gasteiger partial charge in [-0.3, -0.25) is 14.7 Å². The van der Waals surface area contributed by atoms with E-state index in [0.29, 0.717) is 6.54 Å². The van der Waals surface area contributed by atoms with Gasteiger partial charge in [0, 0.05) is 24.2 Å². The zero-order valence-electron chi connectivity index (χ0n) is 12.9. The van der Waals surface area contributed by atoms with Gasteiger partial charge in [0.15, 0.2) is 5.78 Å². The highest BCUT2D eigenvalue weighted by atomic mass is 35.5. The van der Waals surface area contributed by atoms with Crippen LogP contribution in [0.25, 0.3) is 0 Å². The number of rotatable bonds is 0. The molecule has 1 aliphatic carbocycles. The molecular weight excluding hydrogens is 296 g/mol. The van der Waals surface area contributed by atoms with Crippen LogP contribution in [0.2, 0.25) is 0 Å². The lowest BCUT2D eigenvalue weighted by Crippen LogP contribution is -2.72. The summed E-state index contributed by atoms with van der Waals surface area (Å²) in [5.74, 6) is 0.268. The maximum Gasteiger partial charge on any atom is 0.168 e. The molecule has 0 aromatic heterocycles. The van der Waals surface area contributed by atoms with Crippen molar-refractivity contribution in [2.75, 3.05) is 19.6 Å². The first-order valence-corrected chi connectivity index (χ1v) is 8.46. The predicted octanol–water partition coefficient (Wildman–Crippen LogP) is 2.93. The number of alkyl halides is 1. The van der Waals surface area contributed by atoms with E-state index in [0.717, 1.165) is 30.9 Å². The van der Waals surface area contributed by atoms with Crippen LogP contribution in [0.3, 0.4) is 0 Å². The molecular formula is C18H19ClN2O. The molecule has 1 saturated carbocycles. The van der Waals surface area contributed by atoms with E-state index in [4.69, 9.17) is 16.6 Å². The standard InChI is InChI=1S/C18H19ClN2O/c1-11-17-7-8-21-9-16(2,15(22)18(11,19)10-21)14(17)20-13-6-4-3-5-12(13)17/h3-6,11H,7-10H2,1-2H3/t11-,16-,17-,18-/m1/s1. The number of hydrogen-bond acceptors (Lipinski definition) is 3. The molecule has 0 radical (unpaired) electrons. The second-order valence-electron chi connectivity index (χ2n) is 7.65. The van der Waals surface area contributed by atoms with Gasteiger partial charge in [0.2, 0.25) is 0 Å². The number of ketones is 1. The molecule has 4 heterocycles. The molecule has 4 bridgehead atoms. The third-order valence-electron chi connectivity index (χ3n) is 6.68. The van der Waals surface area contributed by atoms with E-state index >= 15 is 0 Å². The Hall–Kier alpha value is -1.19. The molecule has 0 N–H and O–H groups in total. The second-order valence-corrected chi connectivity index (χ2v) is 8.33. The molecule has 6 rings (SSSR count). The van der Waals surface area contributed by atoms with E-state index in [2.05, 4.69) is 36.9 Å². The lowest BCUT2D eigenvalue weighted by molar-refractivity contribution is -0.135. The summed E-state index contributed by atoms with van der Waals surface area (Å²) in [6.45, 7) is 6.67. The molecule has 5 atom stereocenters. The van der Waals surface area contributed by atoms with Gasteiger partial charge in [-0.2, -0.15) is 0 Å². The number of para-hydroxylation sites is 1. The molecule has 0 amide bonds. The molecule has 3 nitrogen and oxygen atoms in total. The van der Waals surface area contributed by atoms with Crippen molar-refractivity contribution in [1.29, 1.82) is 0 Å². The average molecular weight is 315 g/mol. The quantitative estimate of drug-likeness (QED) is 0.690. The van der Waals surface area contributed by atoms with E-state index in [-0.39, 0.29) is 17.1 Å². The molecule has 4 fully saturated rings. The minimum Gasteiger partial charge on any atom is -0.300 e. The lowest BCUT2D eigenvalue weighted by Gasteiger charge is -2.56. The van der Waals surface area contributed by atoms with Crippen LogP contribution in [-0.4, -0.2) is 40.9 Å². The third kappa shape index (κ3) is 1.16. The van der Waals surface area contributed by atoms with Crippen LogP contribution < -0.4 is 0 Å². The van der Waals surface area contributed by atoms with Crippen molar-refractivity contribution >= 4 is 28.8 Å². The molecule has 1 unspecified atom stereocenters. The highest BCUT2D eigenvalue weighted by Gasteiger charge is 2.72. The minimum atomic E-state index is -0.778. The summed E-state index contributed by atoms with van der Waals surface area (Å²) in [7, 11) is 0. The van der Waals surface area contributed by atoms with Crippen molar-refractivity contribution in [3.8, 4) is 0 Å². The van der Waals surface area contributed by atoms with Crippen molar-refractivity contribution in [3.63, 3.8) is 0 Å². The van der Waals surface area contributed by atoms with Crippen LogP contribution in [0.15, 0.2) is 29.3 Å². The molecule has 4 heteroatoms. The predicted molar refractivity (Wildman–Crippen MR) is 87.1 cm³/mol. The van der Waals surface area contributed by atoms with Gasteiger partial charge in [-0.05, 0) is 37.4 Å². The van der Waals surface area contributed by atoms with Gasteiger partial charge >= 0.3 is 0 Å². The average Bonchev–Trinajstić information content (AvgIpc) is 2.75. The van der Waals surface area contributed by atoms with Crippen LogP contribution >= 0.6 is 11.6 Å². The summed E-state index contributed by atoms with van der Waals surface area (Å²) in [5, 5.41) is 0. The Morgan fingerprint density at radius 2 is 2.09 bits per heavy atom. The normalized spacial score (nSPS) is 48.0. The van der Waals surface area contributed by atoms with Crippen LogP contribution in [-0.2, 0) is 10.2 Å². The van der Waals surface area contributed by atoms with Gasteiger partial charge < -0.3 is 0 Å². The first-order chi connectivity index (χ1) is 10.4. The molecule has 1 aromatic rings. The number of hydrogen-bond donors (Lipinski definition) is 0. The van der Waals surface area contributed by atoms with Crippen molar-refractivity contribution in [2.45, 2.75) is 30.6 Å². The number of nitrogens with zero attached hydrogens (tertiary/aromatic N) is 2. The SMILES string of the molecule is C[C@@H]1[C@@]23CCN4C[C@@](C)(C(=O)[C@@]1(Cl)C4)C2=Nc1ccccc13. The van der Waals surface area contributed by atoms with Gasteiger partial charge in [0.25, 0.3) is 0 Å². The summed E-state index contributed by atoms with van der Waals surface area (Å²) in [6.07, 6.45) is 1.02. The van der Waals surface area contributed by atoms with Crippen molar-refractivity contribution < 1.29 is 4.79 Å². The summed E-state index contributed by atoms with van der Waals surface area (Å²) >= 11 is 7.01. The van der Waals surface area contributed by atoms with E-state index in [1.165, 1.54) is 5.56 Å². The molecule has 1 spiro atoms. The van der Waals surface area contributed by atoms with Gasteiger partial charge in [0.1, 0.15) is 4.87 Å². The Kier molecular flexibility index (Phi) is 2.20. The van der Waals surface area contributed by atoms with Gasteiger partial charge in [-0.1, -0.05) is 25.1 Å². The zero-order chi connectivity index (χ0) is 15.3. The highest BCUT2D eigenvalue weighted by Crippen LogP contribution is 2.63. The first kappa shape index (κ1) is 13.3. The summed E-state index contributed by atoms with van der Waals surface area (Å²) in [5.41, 5.74) is 2.70. The Bertz CT molecular complexity index is 759. The van der Waals surface area contributed by atoms with E-state index in [9.17, 15) is 4.79 Å². The Labute approximate surface area is 135 Å². The van der Waals surface area contributed by atoms with Gasteiger partial charge in [-0.25, -0.2) is 0 Å². The van der Waals surface area contributed by atoms with Crippen molar-refractivity contribution in [3.05, 3.63) is 29.8 Å². The molecule has 4 aliphatic heterocycles. The fourth-order valence-electron chi connectivity index (χ4n) is 5.65. The number of Topliss-reactive ketones (excluding diaryl/α,β-unsaturated/α-hetero) is 1. The van der Waals surface area contributed by atoms with Crippen molar-refractivity contribution in [1.82, 2.24) is 4.90 Å². The van der Waals surface area contributed by atoms with Gasteiger partial charge in [-0.15, -0.1) is 11.6 Å². The van der Waals surface area contributed by atoms with Crippen LogP contribution in [0.5, 0.6) is 0 Å². The summed E-state index contributed by atoms with van der Waals surface area (Å²) in [6, 6.07) is 8.39. The third-order valence-corrected chi connectivity index (χ3v) is 7.30. The number of aliphatic imine (C=N–C) groups is 1. The number of carbonyl (C=O) groups is 1. The largest absolute Gasteiger partial charge is 0.300 e.